The number of halogens is 1. The summed E-state index contributed by atoms with van der Waals surface area (Å²) in [5.74, 6) is -3.07. The minimum absolute atomic E-state index is 0.0465. The van der Waals surface area contributed by atoms with Crippen LogP contribution in [0.5, 0.6) is 0 Å². The first-order valence-electron chi connectivity index (χ1n) is 7.53. The van der Waals surface area contributed by atoms with E-state index in [0.717, 1.165) is 0 Å². The summed E-state index contributed by atoms with van der Waals surface area (Å²) in [7, 11) is 0. The monoisotopic (exact) mass is 384 g/mol. The highest BCUT2D eigenvalue weighted by Crippen LogP contribution is 2.24. The molecule has 1 aromatic carbocycles. The third kappa shape index (κ3) is 5.46. The fourth-order valence-corrected chi connectivity index (χ4v) is 2.74. The molecule has 0 spiro atoms. The van der Waals surface area contributed by atoms with E-state index in [2.05, 4.69) is 15.9 Å². The molecule has 126 valence electrons. The fourth-order valence-electron chi connectivity index (χ4n) is 2.23. The molecule has 0 heterocycles. The Morgan fingerprint density at radius 3 is 2.04 bits per heavy atom. The Kier molecular flexibility index (Phi) is 7.95. The minimum atomic E-state index is -1.10. The molecule has 5 nitrogen and oxygen atoms in total. The van der Waals surface area contributed by atoms with Gasteiger partial charge in [0.15, 0.2) is 11.7 Å². The highest BCUT2D eigenvalue weighted by molar-refractivity contribution is 9.10. The molecule has 0 aliphatic heterocycles. The SMILES string of the molecule is CCOC(=O)C(C(=O)OCC)C(C)CC(=O)c1ccccc1Br. The van der Waals surface area contributed by atoms with E-state index in [4.69, 9.17) is 9.47 Å². The zero-order valence-corrected chi connectivity index (χ0v) is 15.1. The molecule has 0 saturated heterocycles. The number of ether oxygens (including phenoxy) is 2. The average Bonchev–Trinajstić information content (AvgIpc) is 2.48. The standard InChI is InChI=1S/C17H21BrO5/c1-4-22-16(20)15(17(21)23-5-2)11(3)10-14(19)12-8-6-7-9-13(12)18/h6-9,11,15H,4-5,10H2,1-3H3. The van der Waals surface area contributed by atoms with E-state index in [0.29, 0.717) is 10.0 Å². The molecule has 0 aliphatic rings. The van der Waals surface area contributed by atoms with Crippen LogP contribution in [-0.2, 0) is 19.1 Å². The normalized spacial score (nSPS) is 11.9. The number of hydrogen-bond donors (Lipinski definition) is 0. The smallest absolute Gasteiger partial charge is 0.320 e. The predicted octanol–water partition coefficient (Wildman–Crippen LogP) is 3.40. The molecule has 1 unspecified atom stereocenters. The van der Waals surface area contributed by atoms with Crippen LogP contribution < -0.4 is 0 Å². The van der Waals surface area contributed by atoms with Gasteiger partial charge in [-0.15, -0.1) is 0 Å². The van der Waals surface area contributed by atoms with Crippen molar-refractivity contribution in [1.29, 1.82) is 0 Å². The van der Waals surface area contributed by atoms with Crippen molar-refractivity contribution in [2.45, 2.75) is 27.2 Å². The average molecular weight is 385 g/mol. The minimum Gasteiger partial charge on any atom is -0.465 e. The van der Waals surface area contributed by atoms with Gasteiger partial charge in [-0.05, 0) is 25.8 Å². The molecular weight excluding hydrogens is 364 g/mol. The topological polar surface area (TPSA) is 69.7 Å². The van der Waals surface area contributed by atoms with Crippen molar-refractivity contribution in [1.82, 2.24) is 0 Å². The molecule has 23 heavy (non-hydrogen) atoms. The molecular formula is C17H21BrO5. The van der Waals surface area contributed by atoms with Gasteiger partial charge in [0.05, 0.1) is 13.2 Å². The number of esters is 2. The zero-order valence-electron chi connectivity index (χ0n) is 13.5. The number of carbonyl (C=O) groups excluding carboxylic acids is 3. The second kappa shape index (κ2) is 9.45. The van der Waals surface area contributed by atoms with Gasteiger partial charge in [0.1, 0.15) is 0 Å². The van der Waals surface area contributed by atoms with Gasteiger partial charge in [0.2, 0.25) is 0 Å². The van der Waals surface area contributed by atoms with Crippen molar-refractivity contribution < 1.29 is 23.9 Å². The van der Waals surface area contributed by atoms with Crippen molar-refractivity contribution in [2.75, 3.05) is 13.2 Å². The van der Waals surface area contributed by atoms with E-state index in [-0.39, 0.29) is 25.4 Å². The molecule has 1 rings (SSSR count). The first-order chi connectivity index (χ1) is 10.9. The lowest BCUT2D eigenvalue weighted by atomic mass is 9.88. The van der Waals surface area contributed by atoms with E-state index in [1.807, 2.05) is 6.07 Å². The van der Waals surface area contributed by atoms with Gasteiger partial charge in [-0.3, -0.25) is 14.4 Å². The second-order valence-electron chi connectivity index (χ2n) is 5.07. The van der Waals surface area contributed by atoms with Gasteiger partial charge < -0.3 is 9.47 Å². The molecule has 0 radical (unpaired) electrons. The Labute approximate surface area is 144 Å². The van der Waals surface area contributed by atoms with Crippen molar-refractivity contribution in [3.63, 3.8) is 0 Å². The van der Waals surface area contributed by atoms with Gasteiger partial charge in [0.25, 0.3) is 0 Å². The number of carbonyl (C=O) groups is 3. The summed E-state index contributed by atoms with van der Waals surface area (Å²) in [6.07, 6.45) is 0.0465. The third-order valence-corrected chi connectivity index (χ3v) is 4.02. The van der Waals surface area contributed by atoms with E-state index in [1.165, 1.54) is 0 Å². The lowest BCUT2D eigenvalue weighted by molar-refractivity contribution is -0.164. The summed E-state index contributed by atoms with van der Waals surface area (Å²) in [5.41, 5.74) is 0.519. The Hall–Kier alpha value is -1.69. The third-order valence-electron chi connectivity index (χ3n) is 3.33. The van der Waals surface area contributed by atoms with Gasteiger partial charge in [-0.25, -0.2) is 0 Å². The van der Waals surface area contributed by atoms with E-state index in [9.17, 15) is 14.4 Å². The number of rotatable bonds is 8. The van der Waals surface area contributed by atoms with Crippen LogP contribution in [0.25, 0.3) is 0 Å². The molecule has 0 amide bonds. The van der Waals surface area contributed by atoms with Crippen molar-refractivity contribution >= 4 is 33.7 Å². The van der Waals surface area contributed by atoms with Crippen LogP contribution in [0.1, 0.15) is 37.6 Å². The quantitative estimate of drug-likeness (QED) is 0.390. The predicted molar refractivity (Wildman–Crippen MR) is 89.0 cm³/mol. The molecule has 6 heteroatoms. The van der Waals surface area contributed by atoms with Crippen LogP contribution in [0.15, 0.2) is 28.7 Å². The molecule has 0 N–H and O–H groups in total. The van der Waals surface area contributed by atoms with Gasteiger partial charge in [-0.2, -0.15) is 0 Å². The van der Waals surface area contributed by atoms with Crippen LogP contribution in [0, 0.1) is 11.8 Å². The molecule has 0 bridgehead atoms. The fraction of sp³-hybridized carbons (Fsp3) is 0.471. The Bertz CT molecular complexity index is 552. The van der Waals surface area contributed by atoms with Gasteiger partial charge >= 0.3 is 11.9 Å². The van der Waals surface area contributed by atoms with Crippen LogP contribution in [0.2, 0.25) is 0 Å². The Morgan fingerprint density at radius 1 is 1.04 bits per heavy atom. The first kappa shape index (κ1) is 19.4. The number of hydrogen-bond acceptors (Lipinski definition) is 5. The van der Waals surface area contributed by atoms with Crippen LogP contribution in [0.4, 0.5) is 0 Å². The van der Waals surface area contributed by atoms with E-state index < -0.39 is 23.8 Å². The van der Waals surface area contributed by atoms with Crippen LogP contribution in [-0.4, -0.2) is 30.9 Å². The van der Waals surface area contributed by atoms with Crippen LogP contribution >= 0.6 is 15.9 Å². The summed E-state index contributed by atoms with van der Waals surface area (Å²) in [5, 5.41) is 0. The van der Waals surface area contributed by atoms with E-state index in [1.54, 1.807) is 39.0 Å². The summed E-state index contributed by atoms with van der Waals surface area (Å²) < 4.78 is 10.6. The number of benzene rings is 1. The van der Waals surface area contributed by atoms with Crippen molar-refractivity contribution in [2.24, 2.45) is 11.8 Å². The lowest BCUT2D eigenvalue weighted by Crippen LogP contribution is -2.34. The molecule has 0 saturated carbocycles. The Morgan fingerprint density at radius 2 is 1.57 bits per heavy atom. The maximum Gasteiger partial charge on any atom is 0.320 e. The van der Waals surface area contributed by atoms with Crippen LogP contribution in [0.3, 0.4) is 0 Å². The molecule has 1 aromatic rings. The summed E-state index contributed by atoms with van der Waals surface area (Å²) in [6.45, 7) is 5.33. The van der Waals surface area contributed by atoms with Gasteiger partial charge in [-0.1, -0.05) is 41.1 Å². The number of ketones is 1. The van der Waals surface area contributed by atoms with Crippen molar-refractivity contribution in [3.8, 4) is 0 Å². The summed E-state index contributed by atoms with van der Waals surface area (Å²) in [6, 6.07) is 7.04. The second-order valence-corrected chi connectivity index (χ2v) is 5.92. The highest BCUT2D eigenvalue weighted by Gasteiger charge is 2.36. The zero-order chi connectivity index (χ0) is 17.4. The number of Topliss-reactive ketones (excluding diaryl/α,β-unsaturated/α-hetero) is 1. The highest BCUT2D eigenvalue weighted by atomic mass is 79.9. The molecule has 1 atom stereocenters. The van der Waals surface area contributed by atoms with E-state index >= 15 is 0 Å². The summed E-state index contributed by atoms with van der Waals surface area (Å²) >= 11 is 3.33. The maximum absolute atomic E-state index is 12.4. The molecule has 0 aliphatic carbocycles. The summed E-state index contributed by atoms with van der Waals surface area (Å²) in [4.78, 5) is 36.5. The molecule has 0 fully saturated rings. The van der Waals surface area contributed by atoms with Gasteiger partial charge in [0, 0.05) is 16.5 Å². The first-order valence-corrected chi connectivity index (χ1v) is 8.32. The lowest BCUT2D eigenvalue weighted by Gasteiger charge is -2.20. The molecule has 0 aromatic heterocycles. The largest absolute Gasteiger partial charge is 0.465 e. The van der Waals surface area contributed by atoms with Crippen molar-refractivity contribution in [3.05, 3.63) is 34.3 Å². The Balaban J connectivity index is 2.90. The maximum atomic E-state index is 12.4.